The lowest BCUT2D eigenvalue weighted by molar-refractivity contribution is 0.104. The zero-order valence-electron chi connectivity index (χ0n) is 15.8. The molecule has 5 nitrogen and oxygen atoms in total. The summed E-state index contributed by atoms with van der Waals surface area (Å²) in [6, 6.07) is 14.2. The van der Waals surface area contributed by atoms with Crippen LogP contribution >= 0.6 is 0 Å². The van der Waals surface area contributed by atoms with Crippen molar-refractivity contribution in [3.05, 3.63) is 47.5 Å². The minimum absolute atomic E-state index is 0.189. The summed E-state index contributed by atoms with van der Waals surface area (Å²) in [5.74, 6) is 1.73. The highest BCUT2D eigenvalue weighted by Crippen LogP contribution is 2.41. The smallest absolute Gasteiger partial charge is 0.194 e. The number of fused-ring (bicyclic) bond motifs is 5. The molecule has 2 aromatic carbocycles. The van der Waals surface area contributed by atoms with E-state index in [-0.39, 0.29) is 5.78 Å². The summed E-state index contributed by atoms with van der Waals surface area (Å²) >= 11 is 0. The van der Waals surface area contributed by atoms with Crippen LogP contribution in [0, 0.1) is 11.8 Å². The Labute approximate surface area is 164 Å². The fourth-order valence-electron chi connectivity index (χ4n) is 5.77. The second kappa shape index (κ2) is 5.37. The predicted molar refractivity (Wildman–Crippen MR) is 110 cm³/mol. The highest BCUT2D eigenvalue weighted by atomic mass is 16.1. The molecule has 5 heteroatoms. The predicted octanol–water partition coefficient (Wildman–Crippen LogP) is 1.71. The number of benzene rings is 2. The Morgan fingerprint density at radius 1 is 0.679 bits per heavy atom. The van der Waals surface area contributed by atoms with Gasteiger partial charge in [-0.05, 0) is 35.4 Å². The fraction of sp³-hybridized carbons (Fsp3) is 0.435. The van der Waals surface area contributed by atoms with Crippen molar-refractivity contribution in [2.45, 2.75) is 12.1 Å². The van der Waals surface area contributed by atoms with Gasteiger partial charge in [0.2, 0.25) is 0 Å². The first kappa shape index (κ1) is 15.5. The van der Waals surface area contributed by atoms with E-state index in [1.54, 1.807) is 0 Å². The van der Waals surface area contributed by atoms with Crippen LogP contribution in [0.25, 0.3) is 11.1 Å². The van der Waals surface area contributed by atoms with Gasteiger partial charge < -0.3 is 20.4 Å². The molecule has 4 atom stereocenters. The van der Waals surface area contributed by atoms with Crippen LogP contribution < -0.4 is 20.4 Å². The van der Waals surface area contributed by atoms with Crippen LogP contribution in [0.2, 0.25) is 0 Å². The van der Waals surface area contributed by atoms with E-state index in [1.165, 1.54) is 11.4 Å². The maximum absolute atomic E-state index is 13.2. The third kappa shape index (κ3) is 2.01. The third-order valence-corrected chi connectivity index (χ3v) is 7.68. The van der Waals surface area contributed by atoms with Crippen LogP contribution in [0.3, 0.4) is 0 Å². The molecule has 0 aromatic heterocycles. The van der Waals surface area contributed by atoms with Crippen LogP contribution in [0.1, 0.15) is 15.9 Å². The molecule has 4 heterocycles. The number of carbonyl (C=O) groups excluding carboxylic acids is 1. The molecule has 2 N–H and O–H groups in total. The first-order chi connectivity index (χ1) is 13.7. The number of ketones is 1. The van der Waals surface area contributed by atoms with Crippen molar-refractivity contribution >= 4 is 17.2 Å². The monoisotopic (exact) mass is 372 g/mol. The number of hydrogen-bond donors (Lipinski definition) is 2. The van der Waals surface area contributed by atoms with E-state index in [4.69, 9.17) is 0 Å². The Morgan fingerprint density at radius 3 is 1.54 bits per heavy atom. The van der Waals surface area contributed by atoms with E-state index in [1.807, 2.05) is 0 Å². The number of nitrogens with zero attached hydrogens (tertiary/aromatic N) is 2. The molecule has 2 aromatic rings. The Hall–Kier alpha value is -2.37. The molecule has 0 bridgehead atoms. The van der Waals surface area contributed by atoms with Crippen molar-refractivity contribution in [3.63, 3.8) is 0 Å². The van der Waals surface area contributed by atoms with Crippen LogP contribution in [-0.2, 0) is 0 Å². The Bertz CT molecular complexity index is 914. The minimum Gasteiger partial charge on any atom is -0.370 e. The molecule has 7 rings (SSSR count). The molecule has 0 spiro atoms. The zero-order chi connectivity index (χ0) is 18.4. The molecule has 1 aliphatic carbocycles. The molecule has 0 saturated carbocycles. The van der Waals surface area contributed by atoms with Gasteiger partial charge in [0.05, 0.1) is 0 Å². The van der Waals surface area contributed by atoms with Crippen LogP contribution in [0.5, 0.6) is 0 Å². The van der Waals surface area contributed by atoms with Crippen LogP contribution in [0.4, 0.5) is 11.4 Å². The van der Waals surface area contributed by atoms with Gasteiger partial charge in [0, 0.05) is 85.7 Å². The average Bonchev–Trinajstić information content (AvgIpc) is 3.26. The second-order valence-electron chi connectivity index (χ2n) is 9.15. The molecule has 0 radical (unpaired) electrons. The van der Waals surface area contributed by atoms with Crippen molar-refractivity contribution in [1.29, 1.82) is 0 Å². The molecule has 4 saturated heterocycles. The standard InChI is InChI=1S/C23H24N4O/c28-23-19-5-15(26-9-13-7-24-21(13)11-26)1-3-17(19)18-4-2-16(6-20(18)23)27-10-14-8-25-22(14)12-27/h1-6,13-14,21-22,24-25H,7-12H2/t13-,14-,21+,22+/m0/s1. The first-order valence-corrected chi connectivity index (χ1v) is 10.5. The van der Waals surface area contributed by atoms with E-state index < -0.39 is 0 Å². The summed E-state index contributed by atoms with van der Waals surface area (Å²) in [5, 5.41) is 7.02. The summed E-state index contributed by atoms with van der Waals surface area (Å²) in [6.45, 7) is 6.58. The summed E-state index contributed by atoms with van der Waals surface area (Å²) < 4.78 is 0. The Morgan fingerprint density at radius 2 is 1.18 bits per heavy atom. The first-order valence-electron chi connectivity index (χ1n) is 10.5. The van der Waals surface area contributed by atoms with Gasteiger partial charge in [0.25, 0.3) is 0 Å². The van der Waals surface area contributed by atoms with Gasteiger partial charge in [0.15, 0.2) is 5.78 Å². The van der Waals surface area contributed by atoms with Gasteiger partial charge in [-0.25, -0.2) is 0 Å². The van der Waals surface area contributed by atoms with Gasteiger partial charge in [-0.3, -0.25) is 4.79 Å². The molecule has 5 aliphatic rings. The molecule has 28 heavy (non-hydrogen) atoms. The number of carbonyl (C=O) groups is 1. The van der Waals surface area contributed by atoms with E-state index in [9.17, 15) is 4.79 Å². The lowest BCUT2D eigenvalue weighted by Crippen LogP contribution is -2.51. The van der Waals surface area contributed by atoms with Crippen LogP contribution in [-0.4, -0.2) is 57.1 Å². The summed E-state index contributed by atoms with van der Waals surface area (Å²) in [5.41, 5.74) is 6.33. The van der Waals surface area contributed by atoms with Crippen molar-refractivity contribution < 1.29 is 4.79 Å². The average molecular weight is 372 g/mol. The Kier molecular flexibility index (Phi) is 2.98. The van der Waals surface area contributed by atoms with E-state index in [0.717, 1.165) is 73.4 Å². The number of nitrogens with one attached hydrogen (secondary N) is 2. The maximum atomic E-state index is 13.2. The number of rotatable bonds is 2. The van der Waals surface area contributed by atoms with Crippen molar-refractivity contribution in [2.24, 2.45) is 11.8 Å². The highest BCUT2D eigenvalue weighted by Gasteiger charge is 2.41. The molecular formula is C23H24N4O. The topological polar surface area (TPSA) is 47.6 Å². The number of anilines is 2. The van der Waals surface area contributed by atoms with Crippen molar-refractivity contribution in [2.75, 3.05) is 49.1 Å². The van der Waals surface area contributed by atoms with Gasteiger partial charge >= 0.3 is 0 Å². The zero-order valence-corrected chi connectivity index (χ0v) is 15.8. The van der Waals surface area contributed by atoms with Gasteiger partial charge in [-0.2, -0.15) is 0 Å². The third-order valence-electron chi connectivity index (χ3n) is 7.68. The largest absolute Gasteiger partial charge is 0.370 e. The summed E-state index contributed by atoms with van der Waals surface area (Å²) in [4.78, 5) is 18.1. The van der Waals surface area contributed by atoms with E-state index in [2.05, 4.69) is 56.8 Å². The minimum atomic E-state index is 0.189. The molecule has 4 fully saturated rings. The maximum Gasteiger partial charge on any atom is 0.194 e. The summed E-state index contributed by atoms with van der Waals surface area (Å²) in [7, 11) is 0. The normalized spacial score (nSPS) is 31.8. The SMILES string of the molecule is O=C1c2cc(N3C[C@@H]4CN[C@@H]4C3)ccc2-c2ccc(N3C[C@@H]4CN[C@@H]4C3)cc21. The van der Waals surface area contributed by atoms with E-state index >= 15 is 0 Å². The lowest BCUT2D eigenvalue weighted by atomic mass is 9.96. The van der Waals surface area contributed by atoms with Gasteiger partial charge in [0.1, 0.15) is 0 Å². The van der Waals surface area contributed by atoms with Crippen molar-refractivity contribution in [3.8, 4) is 11.1 Å². The van der Waals surface area contributed by atoms with Crippen molar-refractivity contribution in [1.82, 2.24) is 10.6 Å². The van der Waals surface area contributed by atoms with Gasteiger partial charge in [-0.1, -0.05) is 12.1 Å². The van der Waals surface area contributed by atoms with E-state index in [0.29, 0.717) is 12.1 Å². The molecular weight excluding hydrogens is 348 g/mol. The quantitative estimate of drug-likeness (QED) is 0.717. The molecule has 0 amide bonds. The molecule has 142 valence electrons. The molecule has 4 aliphatic heterocycles. The number of hydrogen-bond acceptors (Lipinski definition) is 5. The Balaban J connectivity index is 1.21. The second-order valence-corrected chi connectivity index (χ2v) is 9.15. The highest BCUT2D eigenvalue weighted by molar-refractivity contribution is 6.22. The fourth-order valence-corrected chi connectivity index (χ4v) is 5.77. The lowest BCUT2D eigenvalue weighted by Gasteiger charge is -2.29. The van der Waals surface area contributed by atoms with Crippen LogP contribution in [0.15, 0.2) is 36.4 Å². The summed E-state index contributed by atoms with van der Waals surface area (Å²) in [6.07, 6.45) is 0. The molecule has 0 unspecified atom stereocenters. The van der Waals surface area contributed by atoms with Gasteiger partial charge in [-0.15, -0.1) is 0 Å².